The molecule has 0 unspecified atom stereocenters. The van der Waals surface area contributed by atoms with Crippen LogP contribution in [0, 0.1) is 6.92 Å². The fraction of sp³-hybridized carbons (Fsp3) is 0.312. The number of rotatable bonds is 9. The Morgan fingerprint density at radius 1 is 1.23 bits per heavy atom. The maximum absolute atomic E-state index is 13.9. The largest absolute Gasteiger partial charge is 0.481 e. The Labute approximate surface area is 253 Å². The second-order valence-corrected chi connectivity index (χ2v) is 11.2. The van der Waals surface area contributed by atoms with E-state index in [-0.39, 0.29) is 23.9 Å². The van der Waals surface area contributed by atoms with Gasteiger partial charge in [-0.05, 0) is 56.9 Å². The van der Waals surface area contributed by atoms with Crippen molar-refractivity contribution in [2.24, 2.45) is 0 Å². The summed E-state index contributed by atoms with van der Waals surface area (Å²) < 4.78 is 12.2. The molecule has 0 bridgehead atoms. The standard InChI is InChI=1S/C32H31ClN4O6/c1-19-21-16-29(23(33)17-28(21)42-26(19)8-9-30(38)35-13-11-31(39)40)43-27-10-12-34-18-22(27)32(41)37-15-14-36(20-6-7-20)24-4-2-3-5-25(24)37/h3,5,8-10,12,16-18,20H,2,4,6-7,11,13-15H2,1H3,(H,35,38)(H,39,40)/b9-8+. The average molecular weight is 603 g/mol. The minimum absolute atomic E-state index is 0.0273. The van der Waals surface area contributed by atoms with Crippen molar-refractivity contribution in [2.75, 3.05) is 19.6 Å². The number of carbonyl (C=O) groups is 3. The predicted octanol–water partition coefficient (Wildman–Crippen LogP) is 5.67. The zero-order chi connectivity index (χ0) is 30.1. The molecule has 3 aromatic rings. The lowest BCUT2D eigenvalue weighted by molar-refractivity contribution is -0.136. The number of nitrogens with one attached hydrogen (secondary N) is 1. The average Bonchev–Trinajstić information content (AvgIpc) is 3.80. The van der Waals surface area contributed by atoms with Gasteiger partial charge in [-0.2, -0.15) is 0 Å². The summed E-state index contributed by atoms with van der Waals surface area (Å²) >= 11 is 6.60. The van der Waals surface area contributed by atoms with Crippen molar-refractivity contribution < 1.29 is 28.6 Å². The number of pyridine rings is 1. The second kappa shape index (κ2) is 12.0. The minimum atomic E-state index is -0.991. The molecule has 1 aliphatic heterocycles. The van der Waals surface area contributed by atoms with E-state index in [1.54, 1.807) is 24.4 Å². The summed E-state index contributed by atoms with van der Waals surface area (Å²) in [5, 5.41) is 12.3. The maximum Gasteiger partial charge on any atom is 0.305 e. The number of aliphatic carboxylic acids is 1. The number of aromatic nitrogens is 1. The van der Waals surface area contributed by atoms with Crippen molar-refractivity contribution in [3.63, 3.8) is 0 Å². The highest BCUT2D eigenvalue weighted by Crippen LogP contribution is 2.40. The van der Waals surface area contributed by atoms with E-state index < -0.39 is 11.9 Å². The SMILES string of the molecule is Cc1c(/C=C/C(=O)NCCC(=O)O)oc2cc(Cl)c(Oc3ccncc3C(=O)N3CCN(C4CC4)C4=C3C=CCC4)cc12. The zero-order valence-corrected chi connectivity index (χ0v) is 24.4. The highest BCUT2D eigenvalue weighted by Gasteiger charge is 2.37. The van der Waals surface area contributed by atoms with Crippen LogP contribution in [0.4, 0.5) is 0 Å². The highest BCUT2D eigenvalue weighted by molar-refractivity contribution is 6.32. The molecule has 0 radical (unpaired) electrons. The third kappa shape index (κ3) is 6.01. The lowest BCUT2D eigenvalue weighted by Gasteiger charge is -2.40. The molecule has 2 N–H and O–H groups in total. The molecule has 2 aromatic heterocycles. The summed E-state index contributed by atoms with van der Waals surface area (Å²) in [5.41, 5.74) is 3.79. The first-order chi connectivity index (χ1) is 20.8. The normalized spacial score (nSPS) is 16.6. The van der Waals surface area contributed by atoms with Gasteiger partial charge in [-0.3, -0.25) is 19.4 Å². The van der Waals surface area contributed by atoms with Crippen molar-refractivity contribution in [1.82, 2.24) is 20.1 Å². The van der Waals surface area contributed by atoms with Crippen LogP contribution in [0.3, 0.4) is 0 Å². The van der Waals surface area contributed by atoms with Gasteiger partial charge in [-0.25, -0.2) is 0 Å². The number of carboxylic acid groups (broad SMARTS) is 1. The molecule has 2 aliphatic carbocycles. The van der Waals surface area contributed by atoms with Gasteiger partial charge in [-0.1, -0.05) is 17.7 Å². The fourth-order valence-electron chi connectivity index (χ4n) is 5.51. The highest BCUT2D eigenvalue weighted by atomic mass is 35.5. The van der Waals surface area contributed by atoms with Crippen LogP contribution in [-0.2, 0) is 9.59 Å². The first kappa shape index (κ1) is 28.5. The van der Waals surface area contributed by atoms with Gasteiger partial charge in [0.05, 0.1) is 17.1 Å². The van der Waals surface area contributed by atoms with Gasteiger partial charge in [-0.15, -0.1) is 0 Å². The monoisotopic (exact) mass is 602 g/mol. The molecular formula is C32H31ClN4O6. The summed E-state index contributed by atoms with van der Waals surface area (Å²) in [5.74, 6) is -0.466. The minimum Gasteiger partial charge on any atom is -0.481 e. The van der Waals surface area contributed by atoms with Crippen LogP contribution < -0.4 is 10.1 Å². The van der Waals surface area contributed by atoms with Crippen molar-refractivity contribution in [2.45, 2.75) is 45.1 Å². The Balaban J connectivity index is 1.24. The Hall–Kier alpha value is -4.57. The topological polar surface area (TPSA) is 125 Å². The molecule has 1 fully saturated rings. The Kier molecular flexibility index (Phi) is 7.94. The van der Waals surface area contributed by atoms with E-state index in [2.05, 4.69) is 27.4 Å². The lowest BCUT2D eigenvalue weighted by atomic mass is 10.0. The first-order valence-electron chi connectivity index (χ1n) is 14.3. The van der Waals surface area contributed by atoms with E-state index in [0.29, 0.717) is 41.0 Å². The predicted molar refractivity (Wildman–Crippen MR) is 161 cm³/mol. The molecule has 3 heterocycles. The van der Waals surface area contributed by atoms with Crippen LogP contribution in [-0.4, -0.2) is 63.4 Å². The molecule has 0 saturated heterocycles. The van der Waals surface area contributed by atoms with Crippen molar-refractivity contribution in [1.29, 1.82) is 0 Å². The van der Waals surface area contributed by atoms with Gasteiger partial charge in [0.25, 0.3) is 5.91 Å². The molecular weight excluding hydrogens is 572 g/mol. The Morgan fingerprint density at radius 2 is 2.07 bits per heavy atom. The first-order valence-corrected chi connectivity index (χ1v) is 14.7. The number of allylic oxidation sites excluding steroid dienone is 3. The summed E-state index contributed by atoms with van der Waals surface area (Å²) in [6, 6.07) is 5.62. The van der Waals surface area contributed by atoms with E-state index in [1.807, 2.05) is 11.8 Å². The number of carboxylic acids is 1. The number of halogens is 1. The fourth-order valence-corrected chi connectivity index (χ4v) is 5.71. The molecule has 43 heavy (non-hydrogen) atoms. The number of amides is 2. The lowest BCUT2D eigenvalue weighted by Crippen LogP contribution is -2.45. The number of aryl methyl sites for hydroxylation is 1. The molecule has 1 saturated carbocycles. The van der Waals surface area contributed by atoms with Crippen molar-refractivity contribution in [3.8, 4) is 11.5 Å². The van der Waals surface area contributed by atoms with Gasteiger partial charge in [0, 0.05) is 66.9 Å². The molecule has 11 heteroatoms. The number of hydrogen-bond donors (Lipinski definition) is 2. The van der Waals surface area contributed by atoms with E-state index in [0.717, 1.165) is 36.0 Å². The van der Waals surface area contributed by atoms with Crippen LogP contribution >= 0.6 is 11.6 Å². The number of carbonyl (C=O) groups excluding carboxylic acids is 2. The quantitative estimate of drug-likeness (QED) is 0.300. The van der Waals surface area contributed by atoms with Crippen LogP contribution in [0.5, 0.6) is 11.5 Å². The molecule has 0 atom stereocenters. The number of furan rings is 1. The molecule has 0 spiro atoms. The van der Waals surface area contributed by atoms with E-state index >= 15 is 0 Å². The summed E-state index contributed by atoms with van der Waals surface area (Å²) in [4.78, 5) is 45.2. The number of fused-ring (bicyclic) bond motifs is 1. The van der Waals surface area contributed by atoms with Gasteiger partial charge >= 0.3 is 5.97 Å². The van der Waals surface area contributed by atoms with Gasteiger partial charge in [0.15, 0.2) is 0 Å². The summed E-state index contributed by atoms with van der Waals surface area (Å²) in [7, 11) is 0. The van der Waals surface area contributed by atoms with Crippen LogP contribution in [0.1, 0.15) is 53.8 Å². The second-order valence-electron chi connectivity index (χ2n) is 10.8. The molecule has 2 amide bonds. The number of benzene rings is 1. The summed E-state index contributed by atoms with van der Waals surface area (Å²) in [6.45, 7) is 3.26. The zero-order valence-electron chi connectivity index (χ0n) is 23.6. The van der Waals surface area contributed by atoms with E-state index in [9.17, 15) is 14.4 Å². The van der Waals surface area contributed by atoms with Gasteiger partial charge in [0.1, 0.15) is 28.4 Å². The molecule has 6 rings (SSSR count). The van der Waals surface area contributed by atoms with E-state index in [1.165, 1.54) is 36.9 Å². The third-order valence-corrected chi connectivity index (χ3v) is 8.13. The van der Waals surface area contributed by atoms with E-state index in [4.69, 9.17) is 25.9 Å². The molecule has 10 nitrogen and oxygen atoms in total. The van der Waals surface area contributed by atoms with Crippen LogP contribution in [0.15, 0.2) is 64.6 Å². The number of nitrogens with zero attached hydrogens (tertiary/aromatic N) is 3. The molecule has 1 aromatic carbocycles. The van der Waals surface area contributed by atoms with Crippen molar-refractivity contribution in [3.05, 3.63) is 82.1 Å². The van der Waals surface area contributed by atoms with Crippen LogP contribution in [0.2, 0.25) is 5.02 Å². The van der Waals surface area contributed by atoms with Crippen LogP contribution in [0.25, 0.3) is 17.0 Å². The third-order valence-electron chi connectivity index (χ3n) is 7.84. The Morgan fingerprint density at radius 3 is 2.86 bits per heavy atom. The van der Waals surface area contributed by atoms with Gasteiger partial charge < -0.3 is 29.4 Å². The van der Waals surface area contributed by atoms with Gasteiger partial charge in [0.2, 0.25) is 5.91 Å². The van der Waals surface area contributed by atoms with Crippen molar-refractivity contribution >= 4 is 46.4 Å². The number of ether oxygens (including phenoxy) is 1. The molecule has 222 valence electrons. The smallest absolute Gasteiger partial charge is 0.305 e. The maximum atomic E-state index is 13.9. The molecule has 3 aliphatic rings. The summed E-state index contributed by atoms with van der Waals surface area (Å²) in [6.07, 6.45) is 14.2. The Bertz CT molecular complexity index is 1700. The number of hydrogen-bond acceptors (Lipinski definition) is 7.